The lowest BCUT2D eigenvalue weighted by Gasteiger charge is -2.32. The molecule has 1 N–H and O–H groups in total. The number of nitrogens with zero attached hydrogens (tertiary/aromatic N) is 2. The largest absolute Gasteiger partial charge is 0.471 e. The molecule has 2 rings (SSSR count). The number of piperidine rings is 1. The van der Waals surface area contributed by atoms with Gasteiger partial charge in [0.05, 0.1) is 9.82 Å². The maximum absolute atomic E-state index is 12.4. The van der Waals surface area contributed by atoms with Gasteiger partial charge in [-0.25, -0.2) is 13.1 Å². The molecule has 0 bridgehead atoms. The van der Waals surface area contributed by atoms with E-state index < -0.39 is 33.1 Å². The molecule has 0 aromatic heterocycles. The van der Waals surface area contributed by atoms with Crippen molar-refractivity contribution in [1.29, 1.82) is 0 Å². The van der Waals surface area contributed by atoms with Gasteiger partial charge in [0, 0.05) is 31.3 Å². The topological polar surface area (TPSA) is 110 Å². The first-order chi connectivity index (χ1) is 11.5. The number of rotatable bonds is 4. The first-order valence-electron chi connectivity index (χ1n) is 7.13. The van der Waals surface area contributed by atoms with Crippen LogP contribution in [0.3, 0.4) is 0 Å². The molecule has 0 atom stereocenters. The predicted molar refractivity (Wildman–Crippen MR) is 79.1 cm³/mol. The summed E-state index contributed by atoms with van der Waals surface area (Å²) in [7, 11) is -3.97. The Labute approximate surface area is 140 Å². The van der Waals surface area contributed by atoms with Crippen LogP contribution in [-0.4, -0.2) is 49.5 Å². The SMILES string of the molecule is O=C(N1CCC(NS(=O)(=O)c2ccc([N+](=O)[O-])cc2)CC1)C(F)(F)F. The van der Waals surface area contributed by atoms with Crippen LogP contribution in [0.15, 0.2) is 29.2 Å². The van der Waals surface area contributed by atoms with Crippen LogP contribution in [0.2, 0.25) is 0 Å². The fourth-order valence-corrected chi connectivity index (χ4v) is 3.72. The number of carbonyl (C=O) groups is 1. The second-order valence-electron chi connectivity index (χ2n) is 5.44. The zero-order valence-electron chi connectivity index (χ0n) is 12.7. The van der Waals surface area contributed by atoms with E-state index in [9.17, 15) is 36.5 Å². The second kappa shape index (κ2) is 6.96. The molecule has 0 unspecified atom stereocenters. The Bertz CT molecular complexity index is 756. The van der Waals surface area contributed by atoms with Gasteiger partial charge in [-0.15, -0.1) is 0 Å². The zero-order valence-corrected chi connectivity index (χ0v) is 13.5. The van der Waals surface area contributed by atoms with Crippen molar-refractivity contribution < 1.29 is 31.3 Å². The van der Waals surface area contributed by atoms with Crippen LogP contribution in [0.25, 0.3) is 0 Å². The van der Waals surface area contributed by atoms with Gasteiger partial charge in [-0.3, -0.25) is 14.9 Å². The number of amides is 1. The average molecular weight is 381 g/mol. The van der Waals surface area contributed by atoms with E-state index in [1.807, 2.05) is 0 Å². The monoisotopic (exact) mass is 381 g/mol. The highest BCUT2D eigenvalue weighted by molar-refractivity contribution is 7.89. The summed E-state index contributed by atoms with van der Waals surface area (Å²) in [4.78, 5) is 21.5. The summed E-state index contributed by atoms with van der Waals surface area (Å²) in [5.41, 5.74) is -0.266. The zero-order chi connectivity index (χ0) is 18.8. The summed E-state index contributed by atoms with van der Waals surface area (Å²) in [5, 5.41) is 10.6. The highest BCUT2D eigenvalue weighted by Gasteiger charge is 2.43. The molecule has 1 saturated heterocycles. The molecule has 1 aliphatic heterocycles. The number of alkyl halides is 3. The summed E-state index contributed by atoms with van der Waals surface area (Å²) < 4.78 is 63.9. The molecule has 0 radical (unpaired) electrons. The number of benzene rings is 1. The molecule has 12 heteroatoms. The third-order valence-electron chi connectivity index (χ3n) is 3.70. The Balaban J connectivity index is 1.98. The number of hydrogen-bond donors (Lipinski definition) is 1. The van der Waals surface area contributed by atoms with E-state index in [0.29, 0.717) is 4.90 Å². The van der Waals surface area contributed by atoms with Crippen LogP contribution < -0.4 is 4.72 Å². The van der Waals surface area contributed by atoms with Gasteiger partial charge in [-0.05, 0) is 25.0 Å². The molecule has 25 heavy (non-hydrogen) atoms. The fourth-order valence-electron chi connectivity index (χ4n) is 2.41. The number of nitro benzene ring substituents is 1. The third-order valence-corrected chi connectivity index (χ3v) is 5.24. The van der Waals surface area contributed by atoms with Gasteiger partial charge in [-0.2, -0.15) is 13.2 Å². The van der Waals surface area contributed by atoms with Crippen LogP contribution in [0.4, 0.5) is 18.9 Å². The van der Waals surface area contributed by atoms with Gasteiger partial charge in [-0.1, -0.05) is 0 Å². The standard InChI is InChI=1S/C13H14F3N3O5S/c14-13(15,16)12(20)18-7-5-9(6-8-18)17-25(23,24)11-3-1-10(2-4-11)19(21)22/h1-4,9,17H,5-8H2. The van der Waals surface area contributed by atoms with Crippen molar-refractivity contribution >= 4 is 21.6 Å². The number of carbonyl (C=O) groups excluding carboxylic acids is 1. The lowest BCUT2D eigenvalue weighted by molar-refractivity contribution is -0.384. The number of sulfonamides is 1. The van der Waals surface area contributed by atoms with E-state index in [1.165, 1.54) is 0 Å². The molecule has 138 valence electrons. The number of likely N-dealkylation sites (tertiary alicyclic amines) is 1. The second-order valence-corrected chi connectivity index (χ2v) is 7.15. The minimum atomic E-state index is -4.95. The van der Waals surface area contributed by atoms with Gasteiger partial charge in [0.2, 0.25) is 10.0 Å². The molecule has 1 aliphatic rings. The minimum absolute atomic E-state index is 0.0357. The van der Waals surface area contributed by atoms with Crippen molar-refractivity contribution in [2.75, 3.05) is 13.1 Å². The molecule has 1 heterocycles. The molecule has 1 aromatic rings. The molecule has 8 nitrogen and oxygen atoms in total. The Kier molecular flexibility index (Phi) is 5.32. The lowest BCUT2D eigenvalue weighted by atomic mass is 10.1. The Hall–Kier alpha value is -2.21. The first-order valence-corrected chi connectivity index (χ1v) is 8.62. The number of nitrogens with one attached hydrogen (secondary N) is 1. The molecule has 0 saturated carbocycles. The number of halogens is 3. The third kappa shape index (κ3) is 4.66. The van der Waals surface area contributed by atoms with E-state index in [0.717, 1.165) is 24.3 Å². The van der Waals surface area contributed by atoms with Crippen LogP contribution >= 0.6 is 0 Å². The van der Waals surface area contributed by atoms with Gasteiger partial charge >= 0.3 is 12.1 Å². The highest BCUT2D eigenvalue weighted by Crippen LogP contribution is 2.22. The van der Waals surface area contributed by atoms with Crippen molar-refractivity contribution in [2.24, 2.45) is 0 Å². The lowest BCUT2D eigenvalue weighted by Crippen LogP contribution is -2.49. The Morgan fingerprint density at radius 3 is 2.16 bits per heavy atom. The number of non-ortho nitro benzene ring substituents is 1. The van der Waals surface area contributed by atoms with Crippen molar-refractivity contribution in [3.63, 3.8) is 0 Å². The summed E-state index contributed by atoms with van der Waals surface area (Å²) in [6, 6.07) is 3.60. The van der Waals surface area contributed by atoms with Crippen LogP contribution in [0.5, 0.6) is 0 Å². The number of nitro groups is 1. The van der Waals surface area contributed by atoms with Gasteiger partial charge < -0.3 is 4.90 Å². The van der Waals surface area contributed by atoms with Crippen molar-refractivity contribution in [3.8, 4) is 0 Å². The predicted octanol–water partition coefficient (Wildman–Crippen LogP) is 1.43. The molecule has 1 aromatic carbocycles. The normalized spacial score (nSPS) is 16.7. The molecular weight excluding hydrogens is 367 g/mol. The summed E-state index contributed by atoms with van der Waals surface area (Å²) in [6.07, 6.45) is -4.88. The first kappa shape index (κ1) is 19.1. The Morgan fingerprint density at radius 1 is 1.20 bits per heavy atom. The van der Waals surface area contributed by atoms with Crippen LogP contribution in [0, 0.1) is 10.1 Å². The van der Waals surface area contributed by atoms with Crippen LogP contribution in [-0.2, 0) is 14.8 Å². The van der Waals surface area contributed by atoms with E-state index in [-0.39, 0.29) is 36.5 Å². The Morgan fingerprint density at radius 2 is 1.72 bits per heavy atom. The van der Waals surface area contributed by atoms with E-state index in [2.05, 4.69) is 4.72 Å². The molecule has 1 fully saturated rings. The average Bonchev–Trinajstić information content (AvgIpc) is 2.54. The van der Waals surface area contributed by atoms with Gasteiger partial charge in [0.25, 0.3) is 5.69 Å². The van der Waals surface area contributed by atoms with Crippen molar-refractivity contribution in [1.82, 2.24) is 9.62 Å². The molecule has 1 amide bonds. The number of hydrogen-bond acceptors (Lipinski definition) is 5. The highest BCUT2D eigenvalue weighted by atomic mass is 32.2. The maximum atomic E-state index is 12.4. The van der Waals surface area contributed by atoms with E-state index in [4.69, 9.17) is 0 Å². The molecule has 0 aliphatic carbocycles. The van der Waals surface area contributed by atoms with Crippen molar-refractivity contribution in [2.45, 2.75) is 30.0 Å². The molecule has 0 spiro atoms. The van der Waals surface area contributed by atoms with Crippen molar-refractivity contribution in [3.05, 3.63) is 34.4 Å². The minimum Gasteiger partial charge on any atom is -0.335 e. The van der Waals surface area contributed by atoms with Crippen LogP contribution in [0.1, 0.15) is 12.8 Å². The van der Waals surface area contributed by atoms with E-state index >= 15 is 0 Å². The fraction of sp³-hybridized carbons (Fsp3) is 0.462. The summed E-state index contributed by atoms with van der Waals surface area (Å²) in [6.45, 7) is -0.433. The smallest absolute Gasteiger partial charge is 0.335 e. The maximum Gasteiger partial charge on any atom is 0.471 e. The quantitative estimate of drug-likeness (QED) is 0.627. The molecular formula is C13H14F3N3O5S. The van der Waals surface area contributed by atoms with Gasteiger partial charge in [0.15, 0.2) is 0 Å². The van der Waals surface area contributed by atoms with Gasteiger partial charge in [0.1, 0.15) is 0 Å². The summed E-state index contributed by atoms with van der Waals surface area (Å²) in [5.74, 6) is -1.94. The summed E-state index contributed by atoms with van der Waals surface area (Å²) >= 11 is 0. The van der Waals surface area contributed by atoms with E-state index in [1.54, 1.807) is 0 Å².